The minimum atomic E-state index is -4.63. The molecule has 1 aromatic rings. The van der Waals surface area contributed by atoms with Crippen LogP contribution in [0.4, 0.5) is 13.2 Å². The minimum absolute atomic E-state index is 0.0293. The molecule has 0 fully saturated rings. The molecular weight excluding hydrogens is 207 g/mol. The van der Waals surface area contributed by atoms with Crippen molar-refractivity contribution in [3.8, 4) is 23.7 Å². The summed E-state index contributed by atoms with van der Waals surface area (Å²) in [5.74, 6) is 3.32. The molecule has 15 heavy (non-hydrogen) atoms. The van der Waals surface area contributed by atoms with Crippen molar-refractivity contribution in [2.75, 3.05) is 0 Å². The lowest BCUT2D eigenvalue weighted by molar-refractivity contribution is -0.138. The molecule has 2 nitrogen and oxygen atoms in total. The molecule has 0 heterocycles. The molecule has 0 atom stereocenters. The van der Waals surface area contributed by atoms with E-state index < -0.39 is 17.5 Å². The lowest BCUT2D eigenvalue weighted by atomic mass is 10.1. The van der Waals surface area contributed by atoms with Gasteiger partial charge in [-0.3, -0.25) is 0 Å². The molecule has 1 aromatic carbocycles. The van der Waals surface area contributed by atoms with Gasteiger partial charge in [-0.1, -0.05) is 5.92 Å². The summed E-state index contributed by atoms with van der Waals surface area (Å²) in [7, 11) is 0. The van der Waals surface area contributed by atoms with Gasteiger partial charge < -0.3 is 5.11 Å². The van der Waals surface area contributed by atoms with Gasteiger partial charge in [0.1, 0.15) is 5.75 Å². The van der Waals surface area contributed by atoms with Crippen LogP contribution in [0.5, 0.6) is 5.75 Å². The summed E-state index contributed by atoms with van der Waals surface area (Å²) in [5.41, 5.74) is -1.13. The lowest BCUT2D eigenvalue weighted by Gasteiger charge is -2.08. The summed E-state index contributed by atoms with van der Waals surface area (Å²) in [6.45, 7) is 0. The molecule has 1 rings (SSSR count). The first-order chi connectivity index (χ1) is 6.95. The van der Waals surface area contributed by atoms with Crippen LogP contribution in [0.2, 0.25) is 0 Å². The van der Waals surface area contributed by atoms with Crippen LogP contribution in [0.1, 0.15) is 11.1 Å². The van der Waals surface area contributed by atoms with Crippen LogP contribution in [0.15, 0.2) is 18.2 Å². The van der Waals surface area contributed by atoms with Crippen molar-refractivity contribution in [1.82, 2.24) is 0 Å². The van der Waals surface area contributed by atoms with Crippen LogP contribution in [-0.4, -0.2) is 5.11 Å². The zero-order chi connectivity index (χ0) is 11.5. The molecule has 0 saturated carbocycles. The fraction of sp³-hybridized carbons (Fsp3) is 0.100. The fourth-order valence-electron chi connectivity index (χ4n) is 0.941. The number of halogens is 3. The number of alkyl halides is 3. The Morgan fingerprint density at radius 1 is 1.27 bits per heavy atom. The molecule has 0 spiro atoms. The van der Waals surface area contributed by atoms with Gasteiger partial charge in [-0.25, -0.2) is 0 Å². The largest absolute Gasteiger partial charge is 0.507 e. The molecule has 76 valence electrons. The van der Waals surface area contributed by atoms with Crippen molar-refractivity contribution in [1.29, 1.82) is 5.26 Å². The van der Waals surface area contributed by atoms with Gasteiger partial charge in [-0.15, -0.1) is 0 Å². The van der Waals surface area contributed by atoms with Gasteiger partial charge in [0.15, 0.2) is 6.07 Å². The Morgan fingerprint density at radius 3 is 2.47 bits per heavy atom. The Bertz CT molecular complexity index is 474. The second-order valence-corrected chi connectivity index (χ2v) is 2.59. The van der Waals surface area contributed by atoms with Gasteiger partial charge in [0.2, 0.25) is 0 Å². The highest BCUT2D eigenvalue weighted by atomic mass is 19.4. The zero-order valence-corrected chi connectivity index (χ0v) is 7.26. The van der Waals surface area contributed by atoms with E-state index in [2.05, 4.69) is 5.92 Å². The molecule has 0 aromatic heterocycles. The Hall–Kier alpha value is -2.14. The quantitative estimate of drug-likeness (QED) is 0.669. The predicted molar refractivity (Wildman–Crippen MR) is 45.6 cm³/mol. The Kier molecular flexibility index (Phi) is 2.87. The summed E-state index contributed by atoms with van der Waals surface area (Å²) in [5, 5.41) is 17.1. The van der Waals surface area contributed by atoms with Gasteiger partial charge in [-0.05, 0) is 18.2 Å². The van der Waals surface area contributed by atoms with E-state index >= 15 is 0 Å². The van der Waals surface area contributed by atoms with E-state index in [-0.39, 0.29) is 5.56 Å². The molecule has 1 N–H and O–H groups in total. The molecule has 0 amide bonds. The van der Waals surface area contributed by atoms with Crippen molar-refractivity contribution >= 4 is 0 Å². The molecule has 0 aliphatic carbocycles. The van der Waals surface area contributed by atoms with E-state index in [0.717, 1.165) is 6.07 Å². The maximum absolute atomic E-state index is 12.3. The van der Waals surface area contributed by atoms with Crippen LogP contribution < -0.4 is 0 Å². The zero-order valence-electron chi connectivity index (χ0n) is 7.26. The third-order valence-corrected chi connectivity index (χ3v) is 1.56. The predicted octanol–water partition coefficient (Wildman–Crippen LogP) is 2.29. The summed E-state index contributed by atoms with van der Waals surface area (Å²) in [4.78, 5) is 0. The Morgan fingerprint density at radius 2 is 1.93 bits per heavy atom. The maximum atomic E-state index is 12.3. The van der Waals surface area contributed by atoms with Crippen LogP contribution in [0.25, 0.3) is 0 Å². The van der Waals surface area contributed by atoms with Crippen LogP contribution in [-0.2, 0) is 6.18 Å². The normalized spacial score (nSPS) is 10.0. The van der Waals surface area contributed by atoms with E-state index in [0.29, 0.717) is 6.07 Å². The molecule has 0 saturated heterocycles. The second kappa shape index (κ2) is 3.93. The topological polar surface area (TPSA) is 44.0 Å². The molecule has 0 aliphatic rings. The smallest absolute Gasteiger partial charge is 0.419 e. The Balaban J connectivity index is 3.24. The standard InChI is InChI=1S/C10H4F3NO/c11-10(12,13)8-6-7(2-1-5-14)3-4-9(8)15/h3-4,6,15H. The number of phenolic OH excluding ortho intramolecular Hbond substituents is 1. The van der Waals surface area contributed by atoms with Crippen LogP contribution in [0, 0.1) is 23.2 Å². The van der Waals surface area contributed by atoms with Crippen molar-refractivity contribution < 1.29 is 18.3 Å². The molecular formula is C10H4F3NO. The van der Waals surface area contributed by atoms with E-state index in [9.17, 15) is 13.2 Å². The van der Waals surface area contributed by atoms with Crippen LogP contribution >= 0.6 is 0 Å². The third kappa shape index (κ3) is 2.65. The highest BCUT2D eigenvalue weighted by molar-refractivity contribution is 5.46. The summed E-state index contributed by atoms with van der Waals surface area (Å²) in [6, 6.07) is 4.27. The van der Waals surface area contributed by atoms with E-state index in [1.54, 1.807) is 0 Å². The summed E-state index contributed by atoms with van der Waals surface area (Å²) in [6.07, 6.45) is -4.63. The van der Waals surface area contributed by atoms with Crippen molar-refractivity contribution in [2.24, 2.45) is 0 Å². The van der Waals surface area contributed by atoms with E-state index in [1.807, 2.05) is 5.92 Å². The maximum Gasteiger partial charge on any atom is 0.419 e. The monoisotopic (exact) mass is 211 g/mol. The number of hydrogen-bond donors (Lipinski definition) is 1. The number of benzene rings is 1. The first kappa shape index (κ1) is 10.9. The first-order valence-electron chi connectivity index (χ1n) is 3.75. The molecule has 0 unspecified atom stereocenters. The lowest BCUT2D eigenvalue weighted by Crippen LogP contribution is -2.05. The molecule has 0 aliphatic heterocycles. The molecule has 0 bridgehead atoms. The average molecular weight is 211 g/mol. The summed E-state index contributed by atoms with van der Waals surface area (Å²) >= 11 is 0. The molecule has 5 heteroatoms. The second-order valence-electron chi connectivity index (χ2n) is 2.59. The Labute approximate surface area is 83.6 Å². The third-order valence-electron chi connectivity index (χ3n) is 1.56. The number of hydrogen-bond acceptors (Lipinski definition) is 2. The number of nitrogens with zero attached hydrogens (tertiary/aromatic N) is 1. The highest BCUT2D eigenvalue weighted by Crippen LogP contribution is 2.35. The van der Waals surface area contributed by atoms with Gasteiger partial charge in [0.25, 0.3) is 0 Å². The van der Waals surface area contributed by atoms with E-state index in [4.69, 9.17) is 10.4 Å². The SMILES string of the molecule is N#CC#Cc1ccc(O)c(C(F)(F)F)c1. The number of nitriles is 1. The van der Waals surface area contributed by atoms with Crippen molar-refractivity contribution in [2.45, 2.75) is 6.18 Å². The number of aromatic hydroxyl groups is 1. The van der Waals surface area contributed by atoms with Crippen molar-refractivity contribution in [3.63, 3.8) is 0 Å². The summed E-state index contributed by atoms with van der Waals surface area (Å²) < 4.78 is 36.8. The van der Waals surface area contributed by atoms with Crippen molar-refractivity contribution in [3.05, 3.63) is 29.3 Å². The van der Waals surface area contributed by atoms with Gasteiger partial charge in [0, 0.05) is 11.5 Å². The average Bonchev–Trinajstić information content (AvgIpc) is 2.15. The molecule has 0 radical (unpaired) electrons. The van der Waals surface area contributed by atoms with E-state index in [1.165, 1.54) is 12.1 Å². The number of rotatable bonds is 0. The minimum Gasteiger partial charge on any atom is -0.507 e. The van der Waals surface area contributed by atoms with Gasteiger partial charge in [-0.2, -0.15) is 18.4 Å². The first-order valence-corrected chi connectivity index (χ1v) is 3.75. The van der Waals surface area contributed by atoms with Gasteiger partial charge in [0.05, 0.1) is 5.56 Å². The highest BCUT2D eigenvalue weighted by Gasteiger charge is 2.33. The fourth-order valence-corrected chi connectivity index (χ4v) is 0.941. The number of phenols is 1. The van der Waals surface area contributed by atoms with Crippen LogP contribution in [0.3, 0.4) is 0 Å². The van der Waals surface area contributed by atoms with Gasteiger partial charge >= 0.3 is 6.18 Å².